The minimum absolute atomic E-state index is 0.0231. The van der Waals surface area contributed by atoms with Gasteiger partial charge in [0.1, 0.15) is 5.92 Å². The summed E-state index contributed by atoms with van der Waals surface area (Å²) in [5.74, 6) is -0.407. The Labute approximate surface area is 79.3 Å². The van der Waals surface area contributed by atoms with Gasteiger partial charge in [0, 0.05) is 12.6 Å². The van der Waals surface area contributed by atoms with Crippen molar-refractivity contribution in [1.82, 2.24) is 4.90 Å². The van der Waals surface area contributed by atoms with Crippen molar-refractivity contribution in [3.63, 3.8) is 0 Å². The summed E-state index contributed by atoms with van der Waals surface area (Å²) in [7, 11) is 0. The Morgan fingerprint density at radius 1 is 1.77 bits per heavy atom. The van der Waals surface area contributed by atoms with Gasteiger partial charge in [-0.15, -0.1) is 0 Å². The Morgan fingerprint density at radius 2 is 2.46 bits per heavy atom. The fourth-order valence-electron chi connectivity index (χ4n) is 1.78. The smallest absolute Gasteiger partial charge is 0.240 e. The van der Waals surface area contributed by atoms with E-state index in [1.54, 1.807) is 0 Å². The molecule has 13 heavy (non-hydrogen) atoms. The van der Waals surface area contributed by atoms with Crippen LogP contribution in [0.5, 0.6) is 0 Å². The van der Waals surface area contributed by atoms with Crippen LogP contribution in [0.3, 0.4) is 0 Å². The van der Waals surface area contributed by atoms with Crippen molar-refractivity contribution >= 4 is 5.91 Å². The van der Waals surface area contributed by atoms with Gasteiger partial charge in [0.2, 0.25) is 5.91 Å². The van der Waals surface area contributed by atoms with E-state index in [1.807, 2.05) is 11.8 Å². The van der Waals surface area contributed by atoms with E-state index < -0.39 is 5.92 Å². The molecule has 1 amide bonds. The van der Waals surface area contributed by atoms with Crippen LogP contribution in [0.15, 0.2) is 0 Å². The summed E-state index contributed by atoms with van der Waals surface area (Å²) < 4.78 is 0. The van der Waals surface area contributed by atoms with Crippen LogP contribution in [-0.2, 0) is 4.79 Å². The van der Waals surface area contributed by atoms with Gasteiger partial charge in [-0.3, -0.25) is 4.79 Å². The van der Waals surface area contributed by atoms with Crippen LogP contribution in [0.25, 0.3) is 0 Å². The van der Waals surface area contributed by atoms with Crippen molar-refractivity contribution in [2.75, 3.05) is 6.54 Å². The molecule has 1 aliphatic heterocycles. The first-order valence-electron chi connectivity index (χ1n) is 4.90. The fraction of sp³-hybridized carbons (Fsp3) is 0.800. The molecule has 0 spiro atoms. The molecule has 0 aliphatic carbocycles. The third-order valence-corrected chi connectivity index (χ3v) is 2.70. The molecule has 2 unspecified atom stereocenters. The molecular formula is C10H16N2O. The maximum atomic E-state index is 11.7. The molecule has 0 radical (unpaired) electrons. The molecule has 1 aliphatic rings. The lowest BCUT2D eigenvalue weighted by Crippen LogP contribution is -2.37. The quantitative estimate of drug-likeness (QED) is 0.647. The molecule has 1 fully saturated rings. The molecular weight excluding hydrogens is 164 g/mol. The summed E-state index contributed by atoms with van der Waals surface area (Å²) in [5, 5.41) is 8.75. The van der Waals surface area contributed by atoms with Crippen molar-refractivity contribution in [3.8, 4) is 6.07 Å². The van der Waals surface area contributed by atoms with Crippen LogP contribution in [0, 0.1) is 17.2 Å². The number of carbonyl (C=O) groups excluding carboxylic acids is 1. The van der Waals surface area contributed by atoms with Gasteiger partial charge in [0.15, 0.2) is 0 Å². The highest BCUT2D eigenvalue weighted by Gasteiger charge is 2.29. The van der Waals surface area contributed by atoms with Crippen molar-refractivity contribution < 1.29 is 4.79 Å². The topological polar surface area (TPSA) is 44.1 Å². The Morgan fingerprint density at radius 3 is 2.85 bits per heavy atom. The summed E-state index contributed by atoms with van der Waals surface area (Å²) >= 11 is 0. The molecule has 3 nitrogen and oxygen atoms in total. The zero-order chi connectivity index (χ0) is 9.84. The molecule has 0 bridgehead atoms. The van der Waals surface area contributed by atoms with Crippen LogP contribution in [0.1, 0.15) is 33.1 Å². The lowest BCUT2D eigenvalue weighted by molar-refractivity contribution is -0.134. The van der Waals surface area contributed by atoms with E-state index in [4.69, 9.17) is 5.26 Å². The first-order chi connectivity index (χ1) is 6.20. The van der Waals surface area contributed by atoms with Gasteiger partial charge in [-0.05, 0) is 26.2 Å². The van der Waals surface area contributed by atoms with Crippen molar-refractivity contribution in [1.29, 1.82) is 5.26 Å². The zero-order valence-electron chi connectivity index (χ0n) is 8.29. The van der Waals surface area contributed by atoms with E-state index in [-0.39, 0.29) is 5.91 Å². The second kappa shape index (κ2) is 4.27. The van der Waals surface area contributed by atoms with Gasteiger partial charge in [-0.1, -0.05) is 6.92 Å². The SMILES string of the molecule is CCC(C#N)C(=O)N1CCCC1C. The molecule has 1 heterocycles. The van der Waals surface area contributed by atoms with Crippen molar-refractivity contribution in [2.24, 2.45) is 5.92 Å². The molecule has 72 valence electrons. The maximum absolute atomic E-state index is 11.7. The summed E-state index contributed by atoms with van der Waals surface area (Å²) in [6.07, 6.45) is 2.78. The molecule has 0 aromatic rings. The van der Waals surface area contributed by atoms with E-state index >= 15 is 0 Å². The van der Waals surface area contributed by atoms with Gasteiger partial charge in [-0.2, -0.15) is 5.26 Å². The van der Waals surface area contributed by atoms with Crippen LogP contribution < -0.4 is 0 Å². The molecule has 0 aromatic heterocycles. The highest BCUT2D eigenvalue weighted by Crippen LogP contribution is 2.19. The average molecular weight is 180 g/mol. The Balaban J connectivity index is 2.61. The predicted molar refractivity (Wildman–Crippen MR) is 49.8 cm³/mol. The molecule has 0 aromatic carbocycles. The fourth-order valence-corrected chi connectivity index (χ4v) is 1.78. The highest BCUT2D eigenvalue weighted by molar-refractivity contribution is 5.81. The van der Waals surface area contributed by atoms with Gasteiger partial charge in [0.05, 0.1) is 6.07 Å². The summed E-state index contributed by atoms with van der Waals surface area (Å²) in [4.78, 5) is 13.6. The number of carbonyl (C=O) groups is 1. The lowest BCUT2D eigenvalue weighted by Gasteiger charge is -2.23. The van der Waals surface area contributed by atoms with Crippen molar-refractivity contribution in [2.45, 2.75) is 39.2 Å². The molecule has 2 atom stereocenters. The van der Waals surface area contributed by atoms with Gasteiger partial charge in [-0.25, -0.2) is 0 Å². The van der Waals surface area contributed by atoms with Gasteiger partial charge >= 0.3 is 0 Å². The minimum atomic E-state index is -0.430. The number of nitrogens with zero attached hydrogens (tertiary/aromatic N) is 2. The molecule has 0 saturated carbocycles. The summed E-state index contributed by atoms with van der Waals surface area (Å²) in [5.41, 5.74) is 0. The zero-order valence-corrected chi connectivity index (χ0v) is 8.29. The monoisotopic (exact) mass is 180 g/mol. The number of rotatable bonds is 2. The Hall–Kier alpha value is -1.04. The normalized spacial score (nSPS) is 24.1. The second-order valence-electron chi connectivity index (χ2n) is 3.61. The van der Waals surface area contributed by atoms with E-state index in [9.17, 15) is 4.79 Å². The van der Waals surface area contributed by atoms with Crippen molar-refractivity contribution in [3.05, 3.63) is 0 Å². The third kappa shape index (κ3) is 2.00. The number of hydrogen-bond donors (Lipinski definition) is 0. The van der Waals surface area contributed by atoms with Crippen LogP contribution in [0.4, 0.5) is 0 Å². The van der Waals surface area contributed by atoms with E-state index in [0.29, 0.717) is 12.5 Å². The lowest BCUT2D eigenvalue weighted by atomic mass is 10.1. The average Bonchev–Trinajstić information content (AvgIpc) is 2.53. The van der Waals surface area contributed by atoms with E-state index in [0.717, 1.165) is 19.4 Å². The minimum Gasteiger partial charge on any atom is -0.339 e. The third-order valence-electron chi connectivity index (χ3n) is 2.70. The second-order valence-corrected chi connectivity index (χ2v) is 3.61. The van der Waals surface area contributed by atoms with Gasteiger partial charge in [0.25, 0.3) is 0 Å². The number of likely N-dealkylation sites (tertiary alicyclic amines) is 1. The number of amides is 1. The molecule has 0 N–H and O–H groups in total. The summed E-state index contributed by atoms with van der Waals surface area (Å²) in [6.45, 7) is 4.76. The molecule has 3 heteroatoms. The molecule has 1 saturated heterocycles. The first kappa shape index (κ1) is 10.0. The largest absolute Gasteiger partial charge is 0.339 e. The number of hydrogen-bond acceptors (Lipinski definition) is 2. The van der Waals surface area contributed by atoms with E-state index in [2.05, 4.69) is 13.0 Å². The van der Waals surface area contributed by atoms with Crippen LogP contribution >= 0.6 is 0 Å². The first-order valence-corrected chi connectivity index (χ1v) is 4.90. The van der Waals surface area contributed by atoms with Crippen LogP contribution in [-0.4, -0.2) is 23.4 Å². The Bertz CT molecular complexity index is 232. The van der Waals surface area contributed by atoms with Crippen LogP contribution in [0.2, 0.25) is 0 Å². The number of nitriles is 1. The summed E-state index contributed by atoms with van der Waals surface area (Å²) in [6, 6.07) is 2.39. The Kier molecular flexibility index (Phi) is 3.30. The highest BCUT2D eigenvalue weighted by atomic mass is 16.2. The van der Waals surface area contributed by atoms with Gasteiger partial charge < -0.3 is 4.90 Å². The maximum Gasteiger partial charge on any atom is 0.240 e. The standard InChI is InChI=1S/C10H16N2O/c1-3-9(7-11)10(13)12-6-4-5-8(12)2/h8-9H,3-6H2,1-2H3. The molecule has 1 rings (SSSR count). The predicted octanol–water partition coefficient (Wildman–Crippen LogP) is 1.55. The van der Waals surface area contributed by atoms with E-state index in [1.165, 1.54) is 0 Å².